The number of rotatable bonds is 4. The Morgan fingerprint density at radius 3 is 2.53 bits per heavy atom. The summed E-state index contributed by atoms with van der Waals surface area (Å²) >= 11 is 0. The number of hydrogen-bond acceptors (Lipinski definition) is 5. The van der Waals surface area contributed by atoms with Gasteiger partial charge >= 0.3 is 0 Å². The van der Waals surface area contributed by atoms with E-state index in [0.717, 1.165) is 40.0 Å². The van der Waals surface area contributed by atoms with E-state index >= 15 is 0 Å². The van der Waals surface area contributed by atoms with Crippen molar-refractivity contribution in [1.29, 1.82) is 0 Å². The minimum absolute atomic E-state index is 0.209. The molecule has 4 rings (SSSR count). The zero-order valence-electron chi connectivity index (χ0n) is 18.4. The molecule has 1 aliphatic heterocycles. The van der Waals surface area contributed by atoms with Crippen molar-refractivity contribution in [2.75, 3.05) is 21.3 Å². The summed E-state index contributed by atoms with van der Waals surface area (Å²) in [6.45, 7) is 6.17. The van der Waals surface area contributed by atoms with Gasteiger partial charge in [-0.2, -0.15) is 0 Å². The van der Waals surface area contributed by atoms with Crippen molar-refractivity contribution in [3.8, 4) is 11.5 Å². The van der Waals surface area contributed by atoms with Gasteiger partial charge in [0.1, 0.15) is 17.3 Å². The van der Waals surface area contributed by atoms with Gasteiger partial charge in [0.15, 0.2) is 0 Å². The maximum Gasteiger partial charge on any atom is 0.131 e. The number of ether oxygens (including phenoxy) is 3. The lowest BCUT2D eigenvalue weighted by atomic mass is 9.75. The molecule has 158 valence electrons. The maximum absolute atomic E-state index is 11.5. The third-order valence-electron chi connectivity index (χ3n) is 6.24. The highest BCUT2D eigenvalue weighted by atomic mass is 16.5. The average Bonchev–Trinajstić information content (AvgIpc) is 2.72. The van der Waals surface area contributed by atoms with Crippen LogP contribution in [0.25, 0.3) is 10.8 Å². The average molecular weight is 408 g/mol. The normalized spacial score (nSPS) is 23.7. The monoisotopic (exact) mass is 407 g/mol. The van der Waals surface area contributed by atoms with Crippen molar-refractivity contribution in [2.24, 2.45) is 4.99 Å². The van der Waals surface area contributed by atoms with E-state index < -0.39 is 0 Å². The van der Waals surface area contributed by atoms with Crippen LogP contribution in [0.2, 0.25) is 0 Å². The molecule has 2 aliphatic rings. The van der Waals surface area contributed by atoms with Gasteiger partial charge in [-0.1, -0.05) is 18.2 Å². The van der Waals surface area contributed by atoms with Gasteiger partial charge in [-0.3, -0.25) is 4.99 Å². The zero-order valence-corrected chi connectivity index (χ0v) is 18.4. The predicted molar refractivity (Wildman–Crippen MR) is 120 cm³/mol. The quantitative estimate of drug-likeness (QED) is 0.770. The number of hydrogen-bond donors (Lipinski definition) is 1. The van der Waals surface area contributed by atoms with Gasteiger partial charge in [-0.25, -0.2) is 0 Å². The molecule has 2 aromatic rings. The van der Waals surface area contributed by atoms with Gasteiger partial charge in [0.25, 0.3) is 0 Å². The fourth-order valence-corrected chi connectivity index (χ4v) is 5.06. The highest BCUT2D eigenvalue weighted by Crippen LogP contribution is 2.49. The molecular weight excluding hydrogens is 378 g/mol. The number of nitrogens with zero attached hydrogens (tertiary/aromatic N) is 1. The minimum atomic E-state index is -0.298. The van der Waals surface area contributed by atoms with Crippen molar-refractivity contribution in [2.45, 2.75) is 45.3 Å². The van der Waals surface area contributed by atoms with Gasteiger partial charge in [0.2, 0.25) is 0 Å². The van der Waals surface area contributed by atoms with Crippen LogP contribution in [0.3, 0.4) is 0 Å². The van der Waals surface area contributed by atoms with Crippen molar-refractivity contribution < 1.29 is 19.3 Å². The molecule has 0 fully saturated rings. The van der Waals surface area contributed by atoms with E-state index in [1.165, 1.54) is 5.57 Å². The summed E-state index contributed by atoms with van der Waals surface area (Å²) in [7, 11) is 5.01. The first-order valence-corrected chi connectivity index (χ1v) is 10.3. The van der Waals surface area contributed by atoms with Crippen LogP contribution < -0.4 is 4.74 Å². The second-order valence-electron chi connectivity index (χ2n) is 8.11. The molecule has 1 aliphatic carbocycles. The molecule has 5 heteroatoms. The van der Waals surface area contributed by atoms with Crippen molar-refractivity contribution in [1.82, 2.24) is 0 Å². The Balaban J connectivity index is 1.97. The Morgan fingerprint density at radius 2 is 1.87 bits per heavy atom. The minimum Gasteiger partial charge on any atom is -0.507 e. The summed E-state index contributed by atoms with van der Waals surface area (Å²) < 4.78 is 17.4. The number of aryl methyl sites for hydroxylation is 1. The Kier molecular flexibility index (Phi) is 5.33. The molecule has 3 atom stereocenters. The second kappa shape index (κ2) is 7.80. The SMILES string of the molecule is COC1=CC2=C(C(C)=NC(C)C2)C(OC)C1c1c(C)cc2cccc(OC)c2c1O. The third kappa shape index (κ3) is 3.08. The molecule has 0 spiro atoms. The molecule has 3 unspecified atom stereocenters. The summed E-state index contributed by atoms with van der Waals surface area (Å²) in [5, 5.41) is 13.1. The third-order valence-corrected chi connectivity index (χ3v) is 6.24. The Bertz CT molecular complexity index is 1100. The van der Waals surface area contributed by atoms with Crippen LogP contribution in [-0.2, 0) is 9.47 Å². The van der Waals surface area contributed by atoms with Crippen LogP contribution in [0.15, 0.2) is 52.2 Å². The first-order chi connectivity index (χ1) is 14.4. The van der Waals surface area contributed by atoms with Crippen LogP contribution in [0.5, 0.6) is 11.5 Å². The molecule has 2 aromatic carbocycles. The summed E-state index contributed by atoms with van der Waals surface area (Å²) in [5.41, 5.74) is 5.06. The van der Waals surface area contributed by atoms with E-state index in [9.17, 15) is 5.11 Å². The van der Waals surface area contributed by atoms with Crippen molar-refractivity contribution >= 4 is 16.5 Å². The molecule has 0 saturated carbocycles. The summed E-state index contributed by atoms with van der Waals surface area (Å²) in [6, 6.07) is 8.09. The smallest absolute Gasteiger partial charge is 0.131 e. The van der Waals surface area contributed by atoms with Crippen molar-refractivity contribution in [3.05, 3.63) is 58.4 Å². The van der Waals surface area contributed by atoms with Crippen LogP contribution in [0, 0.1) is 6.92 Å². The fraction of sp³-hybridized carbons (Fsp3) is 0.400. The molecule has 1 N–H and O–H groups in total. The van der Waals surface area contributed by atoms with Gasteiger partial charge in [0.05, 0.1) is 37.7 Å². The number of fused-ring (bicyclic) bond motifs is 1. The fourth-order valence-electron chi connectivity index (χ4n) is 5.06. The number of phenols is 1. The zero-order chi connectivity index (χ0) is 21.6. The molecule has 0 aromatic heterocycles. The number of aromatic hydroxyl groups is 1. The highest BCUT2D eigenvalue weighted by molar-refractivity contribution is 6.02. The van der Waals surface area contributed by atoms with Gasteiger partial charge < -0.3 is 19.3 Å². The maximum atomic E-state index is 11.5. The van der Waals surface area contributed by atoms with E-state index in [-0.39, 0.29) is 23.8 Å². The van der Waals surface area contributed by atoms with Crippen LogP contribution in [0.4, 0.5) is 0 Å². The predicted octanol–water partition coefficient (Wildman–Crippen LogP) is 5.05. The lowest BCUT2D eigenvalue weighted by molar-refractivity contribution is 0.0955. The van der Waals surface area contributed by atoms with Crippen molar-refractivity contribution in [3.63, 3.8) is 0 Å². The van der Waals surface area contributed by atoms with Gasteiger partial charge in [-0.15, -0.1) is 0 Å². The number of allylic oxidation sites excluding steroid dienone is 1. The molecule has 30 heavy (non-hydrogen) atoms. The number of benzene rings is 2. The van der Waals surface area contributed by atoms with E-state index in [2.05, 4.69) is 19.1 Å². The van der Waals surface area contributed by atoms with Crippen LogP contribution in [-0.4, -0.2) is 44.3 Å². The van der Waals surface area contributed by atoms with E-state index in [1.54, 1.807) is 21.3 Å². The molecule has 1 heterocycles. The standard InChI is InChI=1S/C25H29NO4/c1-13-10-16-8-7-9-18(28-4)22(16)24(27)20(13)23-19(29-5)12-17-11-14(2)26-15(3)21(17)25(23)30-6/h7-10,12,14,23,25,27H,11H2,1-6H3. The molecule has 0 saturated heterocycles. The molecular formula is C25H29NO4. The Morgan fingerprint density at radius 1 is 1.10 bits per heavy atom. The number of phenolic OH excluding ortho intramolecular Hbond substituents is 1. The summed E-state index contributed by atoms with van der Waals surface area (Å²) in [5.74, 6) is 1.35. The first-order valence-electron chi connectivity index (χ1n) is 10.3. The summed E-state index contributed by atoms with van der Waals surface area (Å²) in [6.07, 6.45) is 2.66. The number of methoxy groups -OCH3 is 3. The molecule has 0 amide bonds. The molecule has 5 nitrogen and oxygen atoms in total. The largest absolute Gasteiger partial charge is 0.507 e. The van der Waals surface area contributed by atoms with E-state index in [4.69, 9.17) is 19.2 Å². The molecule has 0 radical (unpaired) electrons. The summed E-state index contributed by atoms with van der Waals surface area (Å²) in [4.78, 5) is 4.79. The van der Waals surface area contributed by atoms with Gasteiger partial charge in [-0.05, 0) is 55.9 Å². The first kappa shape index (κ1) is 20.5. The van der Waals surface area contributed by atoms with Gasteiger partial charge in [0, 0.05) is 24.0 Å². The molecule has 0 bridgehead atoms. The number of dihydropyridines is 1. The lowest BCUT2D eigenvalue weighted by Crippen LogP contribution is -2.35. The van der Waals surface area contributed by atoms with Crippen LogP contribution in [0.1, 0.15) is 37.3 Å². The lowest BCUT2D eigenvalue weighted by Gasteiger charge is -2.38. The Hall–Kier alpha value is -2.79. The van der Waals surface area contributed by atoms with E-state index in [0.29, 0.717) is 11.1 Å². The van der Waals surface area contributed by atoms with E-state index in [1.807, 2.05) is 32.0 Å². The topological polar surface area (TPSA) is 60.3 Å². The number of aliphatic imine (C=N–C) groups is 1. The van der Waals surface area contributed by atoms with Crippen LogP contribution >= 0.6 is 0 Å². The Labute approximate surface area is 177 Å². The highest BCUT2D eigenvalue weighted by Gasteiger charge is 2.40. The second-order valence-corrected chi connectivity index (χ2v) is 8.11.